The molecular formula is C23H36. The van der Waals surface area contributed by atoms with Gasteiger partial charge in [0, 0.05) is 0 Å². The van der Waals surface area contributed by atoms with Crippen LogP contribution in [0.3, 0.4) is 0 Å². The molecule has 2 fully saturated rings. The molecule has 2 aliphatic rings. The van der Waals surface area contributed by atoms with Crippen LogP contribution < -0.4 is 0 Å². The molecule has 0 amide bonds. The van der Waals surface area contributed by atoms with Gasteiger partial charge in [0.25, 0.3) is 0 Å². The van der Waals surface area contributed by atoms with Crippen molar-refractivity contribution in [3.8, 4) is 0 Å². The summed E-state index contributed by atoms with van der Waals surface area (Å²) in [6.07, 6.45) is 17.8. The van der Waals surface area contributed by atoms with Gasteiger partial charge in [0.15, 0.2) is 0 Å². The predicted molar refractivity (Wildman–Crippen MR) is 101 cm³/mol. The number of hydrogen-bond donors (Lipinski definition) is 0. The second-order valence-corrected chi connectivity index (χ2v) is 8.30. The highest BCUT2D eigenvalue weighted by atomic mass is 14.4. The van der Waals surface area contributed by atoms with Gasteiger partial charge in [-0.25, -0.2) is 0 Å². The second-order valence-electron chi connectivity index (χ2n) is 8.30. The molecule has 0 nitrogen and oxygen atoms in total. The van der Waals surface area contributed by atoms with E-state index < -0.39 is 0 Å². The number of benzene rings is 1. The molecule has 3 rings (SSSR count). The van der Waals surface area contributed by atoms with E-state index in [4.69, 9.17) is 0 Å². The summed E-state index contributed by atoms with van der Waals surface area (Å²) in [5.41, 5.74) is 1.59. The van der Waals surface area contributed by atoms with E-state index in [9.17, 15) is 0 Å². The highest BCUT2D eigenvalue weighted by molar-refractivity contribution is 5.19. The molecule has 2 saturated carbocycles. The summed E-state index contributed by atoms with van der Waals surface area (Å²) >= 11 is 0. The van der Waals surface area contributed by atoms with Crippen LogP contribution in [-0.4, -0.2) is 0 Å². The van der Waals surface area contributed by atoms with Crippen LogP contribution in [0.2, 0.25) is 0 Å². The molecule has 128 valence electrons. The maximum absolute atomic E-state index is 2.34. The lowest BCUT2D eigenvalue weighted by molar-refractivity contribution is 0.155. The summed E-state index contributed by atoms with van der Waals surface area (Å²) in [5, 5.41) is 0. The van der Waals surface area contributed by atoms with Gasteiger partial charge in [-0.3, -0.25) is 0 Å². The fraction of sp³-hybridized carbons (Fsp3) is 0.739. The monoisotopic (exact) mass is 312 g/mol. The average Bonchev–Trinajstić information content (AvgIpc) is 2.63. The van der Waals surface area contributed by atoms with E-state index in [1.54, 1.807) is 5.56 Å². The number of rotatable bonds is 6. The molecule has 0 N–H and O–H groups in total. The molecule has 0 spiro atoms. The standard InChI is InChI=1S/C23H36/c1-2-3-5-8-19-11-13-21(14-12-19)23-17-15-22(16-18-23)20-9-6-4-7-10-20/h4,6-7,9-10,19,21-23H,2-3,5,8,11-18H2,1H3/t19-,21-,22-,23-. The van der Waals surface area contributed by atoms with E-state index in [1.165, 1.54) is 77.0 Å². The van der Waals surface area contributed by atoms with Crippen molar-refractivity contribution >= 4 is 0 Å². The Kier molecular flexibility index (Phi) is 6.60. The minimum absolute atomic E-state index is 0.845. The summed E-state index contributed by atoms with van der Waals surface area (Å²) in [7, 11) is 0. The molecule has 0 radical (unpaired) electrons. The van der Waals surface area contributed by atoms with Crippen LogP contribution >= 0.6 is 0 Å². The zero-order valence-corrected chi connectivity index (χ0v) is 15.2. The van der Waals surface area contributed by atoms with Crippen molar-refractivity contribution in [3.63, 3.8) is 0 Å². The van der Waals surface area contributed by atoms with E-state index in [0.29, 0.717) is 0 Å². The van der Waals surface area contributed by atoms with Gasteiger partial charge < -0.3 is 0 Å². The van der Waals surface area contributed by atoms with Crippen LogP contribution in [-0.2, 0) is 0 Å². The molecule has 0 saturated heterocycles. The predicted octanol–water partition coefficient (Wildman–Crippen LogP) is 7.35. The first-order valence-corrected chi connectivity index (χ1v) is 10.4. The number of unbranched alkanes of at least 4 members (excludes halogenated alkanes) is 2. The fourth-order valence-electron chi connectivity index (χ4n) is 5.28. The summed E-state index contributed by atoms with van der Waals surface area (Å²) < 4.78 is 0. The van der Waals surface area contributed by atoms with Crippen molar-refractivity contribution in [3.05, 3.63) is 35.9 Å². The highest BCUT2D eigenvalue weighted by Gasteiger charge is 2.30. The van der Waals surface area contributed by atoms with Crippen LogP contribution in [0.4, 0.5) is 0 Å². The molecule has 0 heteroatoms. The first-order valence-electron chi connectivity index (χ1n) is 10.4. The minimum Gasteiger partial charge on any atom is -0.0654 e. The van der Waals surface area contributed by atoms with Crippen LogP contribution in [0.1, 0.15) is 95.5 Å². The third-order valence-corrected chi connectivity index (χ3v) is 6.82. The lowest BCUT2D eigenvalue weighted by Gasteiger charge is -2.38. The van der Waals surface area contributed by atoms with E-state index in [0.717, 1.165) is 23.7 Å². The van der Waals surface area contributed by atoms with Gasteiger partial charge in [-0.1, -0.05) is 75.8 Å². The summed E-state index contributed by atoms with van der Waals surface area (Å²) in [6, 6.07) is 11.2. The first-order chi connectivity index (χ1) is 11.4. The van der Waals surface area contributed by atoms with E-state index in [2.05, 4.69) is 37.3 Å². The molecule has 1 aromatic rings. The average molecular weight is 313 g/mol. The maximum atomic E-state index is 2.34. The van der Waals surface area contributed by atoms with Gasteiger partial charge in [-0.2, -0.15) is 0 Å². The third-order valence-electron chi connectivity index (χ3n) is 6.82. The summed E-state index contributed by atoms with van der Waals surface area (Å²) in [6.45, 7) is 2.32. The molecule has 23 heavy (non-hydrogen) atoms. The third kappa shape index (κ3) is 4.85. The zero-order valence-electron chi connectivity index (χ0n) is 15.2. The van der Waals surface area contributed by atoms with Crippen LogP contribution in [0.25, 0.3) is 0 Å². The molecule has 0 aliphatic heterocycles. The van der Waals surface area contributed by atoms with Gasteiger partial charge >= 0.3 is 0 Å². The Morgan fingerprint density at radius 1 is 0.739 bits per heavy atom. The van der Waals surface area contributed by atoms with Gasteiger partial charge in [0.1, 0.15) is 0 Å². The second kappa shape index (κ2) is 8.90. The molecule has 0 bridgehead atoms. The largest absolute Gasteiger partial charge is 0.0654 e. The highest BCUT2D eigenvalue weighted by Crippen LogP contribution is 2.44. The Morgan fingerprint density at radius 2 is 1.35 bits per heavy atom. The van der Waals surface area contributed by atoms with Crippen molar-refractivity contribution in [2.45, 2.75) is 89.9 Å². The summed E-state index contributed by atoms with van der Waals surface area (Å²) in [5.74, 6) is 4.02. The minimum atomic E-state index is 0.845. The van der Waals surface area contributed by atoms with Crippen LogP contribution in [0, 0.1) is 17.8 Å². The van der Waals surface area contributed by atoms with Crippen LogP contribution in [0.5, 0.6) is 0 Å². The van der Waals surface area contributed by atoms with Crippen molar-refractivity contribution in [1.29, 1.82) is 0 Å². The Morgan fingerprint density at radius 3 is 1.96 bits per heavy atom. The van der Waals surface area contributed by atoms with Gasteiger partial charge in [-0.15, -0.1) is 0 Å². The lowest BCUT2D eigenvalue weighted by Crippen LogP contribution is -2.25. The Bertz CT molecular complexity index is 419. The Labute approximate surface area is 144 Å². The molecule has 0 heterocycles. The zero-order chi connectivity index (χ0) is 15.9. The first kappa shape index (κ1) is 17.1. The van der Waals surface area contributed by atoms with Crippen molar-refractivity contribution in [2.24, 2.45) is 17.8 Å². The van der Waals surface area contributed by atoms with Gasteiger partial charge in [-0.05, 0) is 67.8 Å². The van der Waals surface area contributed by atoms with E-state index in [-0.39, 0.29) is 0 Å². The maximum Gasteiger partial charge on any atom is -0.0162 e. The van der Waals surface area contributed by atoms with Crippen molar-refractivity contribution < 1.29 is 0 Å². The molecular weight excluding hydrogens is 276 g/mol. The van der Waals surface area contributed by atoms with Crippen LogP contribution in [0.15, 0.2) is 30.3 Å². The molecule has 2 aliphatic carbocycles. The molecule has 0 aromatic heterocycles. The van der Waals surface area contributed by atoms with E-state index in [1.807, 2.05) is 0 Å². The quantitative estimate of drug-likeness (QED) is 0.482. The van der Waals surface area contributed by atoms with E-state index >= 15 is 0 Å². The fourth-order valence-corrected chi connectivity index (χ4v) is 5.28. The SMILES string of the molecule is CCCCC[C@H]1CC[C@H]([C@H]2CC[C@H](c3ccccc3)CC2)CC1. The van der Waals surface area contributed by atoms with Gasteiger partial charge in [0.2, 0.25) is 0 Å². The topological polar surface area (TPSA) is 0 Å². The molecule has 0 unspecified atom stereocenters. The molecule has 0 atom stereocenters. The summed E-state index contributed by atoms with van der Waals surface area (Å²) in [4.78, 5) is 0. The Balaban J connectivity index is 1.39. The van der Waals surface area contributed by atoms with Crippen molar-refractivity contribution in [2.75, 3.05) is 0 Å². The Hall–Kier alpha value is -0.780. The lowest BCUT2D eigenvalue weighted by atomic mass is 9.68. The normalized spacial score (nSPS) is 31.9. The van der Waals surface area contributed by atoms with Crippen molar-refractivity contribution in [1.82, 2.24) is 0 Å². The smallest absolute Gasteiger partial charge is 0.0162 e. The number of hydrogen-bond acceptors (Lipinski definition) is 0. The van der Waals surface area contributed by atoms with Gasteiger partial charge in [0.05, 0.1) is 0 Å². The molecule has 1 aromatic carbocycles.